The number of benzene rings is 2. The molecule has 2 atom stereocenters. The molecule has 0 bridgehead atoms. The number of fused-ring (bicyclic) bond motifs is 1. The van der Waals surface area contributed by atoms with Gasteiger partial charge in [0.1, 0.15) is 11.9 Å². The van der Waals surface area contributed by atoms with Crippen LogP contribution in [0.4, 0.5) is 0 Å². The molecule has 1 fully saturated rings. The summed E-state index contributed by atoms with van der Waals surface area (Å²) in [5.74, 6) is 2.32. The largest absolute Gasteiger partial charge is 0.488 e. The number of guanidine groups is 1. The Balaban J connectivity index is 1.32. The third kappa shape index (κ3) is 4.30. The van der Waals surface area contributed by atoms with Crippen molar-refractivity contribution in [1.29, 1.82) is 0 Å². The Morgan fingerprint density at radius 2 is 2.11 bits per heavy atom. The number of hydrogen-bond donors (Lipinski definition) is 2. The van der Waals surface area contributed by atoms with Gasteiger partial charge in [0.25, 0.3) is 0 Å². The second-order valence-corrected chi connectivity index (χ2v) is 7.62. The molecule has 28 heavy (non-hydrogen) atoms. The molecule has 148 valence electrons. The van der Waals surface area contributed by atoms with Crippen molar-refractivity contribution >= 4 is 5.96 Å². The molecule has 1 saturated heterocycles. The van der Waals surface area contributed by atoms with Gasteiger partial charge in [-0.05, 0) is 36.1 Å². The molecule has 2 N–H and O–H groups in total. The molecule has 1 heterocycles. The lowest BCUT2D eigenvalue weighted by atomic mass is 9.78. The van der Waals surface area contributed by atoms with Crippen molar-refractivity contribution in [3.63, 3.8) is 0 Å². The van der Waals surface area contributed by atoms with E-state index in [2.05, 4.69) is 65.0 Å². The van der Waals surface area contributed by atoms with Gasteiger partial charge in [0.15, 0.2) is 5.96 Å². The summed E-state index contributed by atoms with van der Waals surface area (Å²) in [4.78, 5) is 4.37. The Morgan fingerprint density at radius 1 is 1.21 bits per heavy atom. The van der Waals surface area contributed by atoms with E-state index in [1.54, 1.807) is 0 Å². The van der Waals surface area contributed by atoms with E-state index in [-0.39, 0.29) is 6.10 Å². The molecule has 0 amide bonds. The van der Waals surface area contributed by atoms with Gasteiger partial charge in [-0.2, -0.15) is 0 Å². The van der Waals surface area contributed by atoms with E-state index in [4.69, 9.17) is 9.47 Å². The Kier molecular flexibility index (Phi) is 5.81. The van der Waals surface area contributed by atoms with Crippen LogP contribution in [0.2, 0.25) is 0 Å². The molecule has 5 nitrogen and oxygen atoms in total. The Bertz CT molecular complexity index is 843. The highest BCUT2D eigenvalue weighted by atomic mass is 16.5. The number of rotatable bonds is 6. The van der Waals surface area contributed by atoms with Gasteiger partial charge in [-0.1, -0.05) is 36.4 Å². The molecule has 0 aromatic heterocycles. The normalized spacial score (nSPS) is 21.0. The van der Waals surface area contributed by atoms with Gasteiger partial charge in [-0.25, -0.2) is 0 Å². The van der Waals surface area contributed by atoms with Crippen LogP contribution in [0.3, 0.4) is 0 Å². The van der Waals surface area contributed by atoms with E-state index in [0.717, 1.165) is 43.3 Å². The van der Waals surface area contributed by atoms with Crippen LogP contribution in [0.25, 0.3) is 0 Å². The topological polar surface area (TPSA) is 54.9 Å². The van der Waals surface area contributed by atoms with E-state index in [1.165, 1.54) is 16.7 Å². The van der Waals surface area contributed by atoms with Crippen LogP contribution < -0.4 is 15.4 Å². The lowest BCUT2D eigenvalue weighted by molar-refractivity contribution is 0.140. The number of nitrogens with zero attached hydrogens (tertiary/aromatic N) is 1. The highest BCUT2D eigenvalue weighted by molar-refractivity contribution is 5.79. The van der Waals surface area contributed by atoms with Crippen LogP contribution in [0, 0.1) is 6.92 Å². The number of nitrogens with one attached hydrogen (secondary N) is 2. The molecule has 2 aliphatic rings. The van der Waals surface area contributed by atoms with Crippen molar-refractivity contribution in [1.82, 2.24) is 10.6 Å². The van der Waals surface area contributed by atoms with Gasteiger partial charge < -0.3 is 20.1 Å². The van der Waals surface area contributed by atoms with Crippen molar-refractivity contribution in [2.75, 3.05) is 26.8 Å². The molecule has 1 aliphatic carbocycles. The van der Waals surface area contributed by atoms with Gasteiger partial charge in [0.05, 0.1) is 13.2 Å². The van der Waals surface area contributed by atoms with Crippen LogP contribution in [-0.4, -0.2) is 38.9 Å². The molecule has 0 spiro atoms. The maximum atomic E-state index is 6.19. The standard InChI is InChI=1S/C23H29N3O2/c1-16-7-8-18(22(11-16)28-20-9-10-27-15-20)13-25-23(24-2)26-14-19-12-17-5-3-4-6-21(17)19/h3-8,11,19-20H,9-10,12-15H2,1-2H3,(H2,24,25,26). The summed E-state index contributed by atoms with van der Waals surface area (Å²) >= 11 is 0. The summed E-state index contributed by atoms with van der Waals surface area (Å²) in [5.41, 5.74) is 5.26. The number of aryl methyl sites for hydroxylation is 1. The zero-order chi connectivity index (χ0) is 19.3. The first-order valence-corrected chi connectivity index (χ1v) is 10.1. The minimum Gasteiger partial charge on any atom is -0.488 e. The van der Waals surface area contributed by atoms with E-state index in [1.807, 2.05) is 7.05 Å². The van der Waals surface area contributed by atoms with Gasteiger partial charge in [0, 0.05) is 38.0 Å². The van der Waals surface area contributed by atoms with E-state index in [0.29, 0.717) is 19.1 Å². The molecular weight excluding hydrogens is 350 g/mol. The zero-order valence-electron chi connectivity index (χ0n) is 16.7. The highest BCUT2D eigenvalue weighted by Crippen LogP contribution is 2.34. The Hall–Kier alpha value is -2.53. The van der Waals surface area contributed by atoms with Crippen LogP contribution >= 0.6 is 0 Å². The molecule has 2 aromatic rings. The van der Waals surface area contributed by atoms with Crippen molar-refractivity contribution in [2.45, 2.75) is 38.3 Å². The zero-order valence-corrected chi connectivity index (χ0v) is 16.7. The number of hydrogen-bond acceptors (Lipinski definition) is 3. The van der Waals surface area contributed by atoms with Gasteiger partial charge >= 0.3 is 0 Å². The van der Waals surface area contributed by atoms with Gasteiger partial charge in [-0.3, -0.25) is 4.99 Å². The fourth-order valence-electron chi connectivity index (χ4n) is 3.87. The summed E-state index contributed by atoms with van der Waals surface area (Å²) in [6.07, 6.45) is 2.24. The average molecular weight is 380 g/mol. The van der Waals surface area contributed by atoms with Crippen LogP contribution in [0.1, 0.15) is 34.6 Å². The minimum atomic E-state index is 0.150. The quantitative estimate of drug-likeness (QED) is 0.598. The first-order valence-electron chi connectivity index (χ1n) is 10.1. The number of ether oxygens (including phenoxy) is 2. The fourth-order valence-corrected chi connectivity index (χ4v) is 3.87. The lowest BCUT2D eigenvalue weighted by Crippen LogP contribution is -2.40. The van der Waals surface area contributed by atoms with E-state index >= 15 is 0 Å². The second-order valence-electron chi connectivity index (χ2n) is 7.62. The van der Waals surface area contributed by atoms with Gasteiger partial charge in [-0.15, -0.1) is 0 Å². The van der Waals surface area contributed by atoms with Crippen LogP contribution in [0.15, 0.2) is 47.5 Å². The average Bonchev–Trinajstić information content (AvgIpc) is 3.19. The molecule has 4 rings (SSSR count). The lowest BCUT2D eigenvalue weighted by Gasteiger charge is -2.30. The van der Waals surface area contributed by atoms with Crippen LogP contribution in [-0.2, 0) is 17.7 Å². The van der Waals surface area contributed by atoms with Crippen LogP contribution in [0.5, 0.6) is 5.75 Å². The third-order valence-electron chi connectivity index (χ3n) is 5.55. The first-order chi connectivity index (χ1) is 13.7. The molecule has 0 radical (unpaired) electrons. The third-order valence-corrected chi connectivity index (χ3v) is 5.55. The Morgan fingerprint density at radius 3 is 2.89 bits per heavy atom. The maximum Gasteiger partial charge on any atom is 0.191 e. The molecule has 1 aliphatic heterocycles. The monoisotopic (exact) mass is 379 g/mol. The molecular formula is C23H29N3O2. The maximum absolute atomic E-state index is 6.19. The SMILES string of the molecule is CN=C(NCc1ccc(C)cc1OC1CCOC1)NCC1Cc2ccccc21. The molecule has 2 aromatic carbocycles. The molecule has 5 heteroatoms. The minimum absolute atomic E-state index is 0.150. The van der Waals surface area contributed by atoms with Crippen molar-refractivity contribution < 1.29 is 9.47 Å². The second kappa shape index (κ2) is 8.65. The predicted molar refractivity (Wildman–Crippen MR) is 112 cm³/mol. The summed E-state index contributed by atoms with van der Waals surface area (Å²) in [5, 5.41) is 6.89. The smallest absolute Gasteiger partial charge is 0.191 e. The van der Waals surface area contributed by atoms with Gasteiger partial charge in [0.2, 0.25) is 0 Å². The predicted octanol–water partition coefficient (Wildman–Crippen LogP) is 3.17. The summed E-state index contributed by atoms with van der Waals surface area (Å²) in [6, 6.07) is 15.0. The van der Waals surface area contributed by atoms with Crippen molar-refractivity contribution in [2.24, 2.45) is 4.99 Å². The summed E-state index contributed by atoms with van der Waals surface area (Å²) in [6.45, 7) is 5.11. The van der Waals surface area contributed by atoms with Crippen molar-refractivity contribution in [3.8, 4) is 5.75 Å². The molecule has 0 saturated carbocycles. The van der Waals surface area contributed by atoms with Crippen molar-refractivity contribution in [3.05, 3.63) is 64.7 Å². The fraction of sp³-hybridized carbons (Fsp3) is 0.435. The van der Waals surface area contributed by atoms with E-state index in [9.17, 15) is 0 Å². The first kappa shape index (κ1) is 18.8. The highest BCUT2D eigenvalue weighted by Gasteiger charge is 2.25. The Labute approximate surface area is 167 Å². The molecule has 2 unspecified atom stereocenters. The summed E-state index contributed by atoms with van der Waals surface area (Å²) in [7, 11) is 1.81. The van der Waals surface area contributed by atoms with E-state index < -0.39 is 0 Å². The number of aliphatic imine (C=N–C) groups is 1. The summed E-state index contributed by atoms with van der Waals surface area (Å²) < 4.78 is 11.6.